The summed E-state index contributed by atoms with van der Waals surface area (Å²) in [4.78, 5) is 23.9. The number of nitrogens with zero attached hydrogens (tertiary/aromatic N) is 1. The maximum atomic E-state index is 13.3. The normalized spacial score (nSPS) is 18.6. The molecule has 150 valence electrons. The van der Waals surface area contributed by atoms with Crippen LogP contribution in [0.1, 0.15) is 12.8 Å². The smallest absolute Gasteiger partial charge is 0.257 e. The zero-order chi connectivity index (χ0) is 20.5. The van der Waals surface area contributed by atoms with Gasteiger partial charge in [0.05, 0.1) is 17.0 Å². The number of rotatable bonds is 8. The van der Waals surface area contributed by atoms with Crippen LogP contribution in [0.3, 0.4) is 0 Å². The molecule has 1 aliphatic heterocycles. The van der Waals surface area contributed by atoms with E-state index in [9.17, 15) is 14.0 Å². The predicted molar refractivity (Wildman–Crippen MR) is 103 cm³/mol. The number of carbonyl (C=O) groups is 2. The summed E-state index contributed by atoms with van der Waals surface area (Å²) < 4.78 is 23.8. The SMILES string of the molecule is C=C(CCNC(=O)COc1ccc(Cl)c(F)c1)NC(=O)C1OSCCC1C#N. The molecule has 7 nitrogen and oxygen atoms in total. The Morgan fingerprint density at radius 1 is 1.50 bits per heavy atom. The van der Waals surface area contributed by atoms with Gasteiger partial charge in [0.2, 0.25) is 0 Å². The molecule has 0 radical (unpaired) electrons. The minimum absolute atomic E-state index is 0.0318. The summed E-state index contributed by atoms with van der Waals surface area (Å²) in [6.07, 6.45) is 0.0342. The Morgan fingerprint density at radius 3 is 3.00 bits per heavy atom. The van der Waals surface area contributed by atoms with Crippen molar-refractivity contribution in [3.8, 4) is 11.8 Å². The van der Waals surface area contributed by atoms with E-state index in [0.29, 0.717) is 24.3 Å². The molecule has 1 aromatic carbocycles. The molecule has 2 unspecified atom stereocenters. The molecule has 0 spiro atoms. The fourth-order valence-corrected chi connectivity index (χ4v) is 3.23. The number of benzene rings is 1. The number of hydrogen-bond donors (Lipinski definition) is 2. The Bertz CT molecular complexity index is 787. The quantitative estimate of drug-likeness (QED) is 0.618. The van der Waals surface area contributed by atoms with Crippen LogP contribution in [0.2, 0.25) is 5.02 Å². The summed E-state index contributed by atoms with van der Waals surface area (Å²) in [5, 5.41) is 14.2. The van der Waals surface area contributed by atoms with Crippen LogP contribution < -0.4 is 15.4 Å². The van der Waals surface area contributed by atoms with E-state index in [0.717, 1.165) is 18.1 Å². The van der Waals surface area contributed by atoms with E-state index in [1.165, 1.54) is 12.1 Å². The molecule has 2 amide bonds. The highest BCUT2D eigenvalue weighted by Gasteiger charge is 2.33. The Morgan fingerprint density at radius 2 is 2.29 bits per heavy atom. The maximum absolute atomic E-state index is 13.3. The molecule has 10 heteroatoms. The van der Waals surface area contributed by atoms with E-state index in [4.69, 9.17) is 25.8 Å². The highest BCUT2D eigenvalue weighted by atomic mass is 35.5. The Kier molecular flexibility index (Phi) is 8.57. The number of ether oxygens (including phenoxy) is 1. The third-order valence-electron chi connectivity index (χ3n) is 3.78. The molecule has 1 aliphatic rings. The lowest BCUT2D eigenvalue weighted by Gasteiger charge is -2.25. The summed E-state index contributed by atoms with van der Waals surface area (Å²) in [5.41, 5.74) is 0.391. The van der Waals surface area contributed by atoms with Crippen molar-refractivity contribution in [3.05, 3.63) is 41.3 Å². The zero-order valence-electron chi connectivity index (χ0n) is 14.9. The summed E-state index contributed by atoms with van der Waals surface area (Å²) >= 11 is 6.73. The van der Waals surface area contributed by atoms with Crippen molar-refractivity contribution >= 4 is 35.5 Å². The summed E-state index contributed by atoms with van der Waals surface area (Å²) in [6.45, 7) is 3.66. The van der Waals surface area contributed by atoms with Crippen LogP contribution in [-0.2, 0) is 13.8 Å². The molecule has 28 heavy (non-hydrogen) atoms. The van der Waals surface area contributed by atoms with Gasteiger partial charge in [-0.25, -0.2) is 4.39 Å². The Hall–Kier alpha value is -2.28. The fraction of sp³-hybridized carbons (Fsp3) is 0.389. The topological polar surface area (TPSA) is 100 Å². The van der Waals surface area contributed by atoms with E-state index in [1.807, 2.05) is 0 Å². The van der Waals surface area contributed by atoms with Crippen LogP contribution in [-0.4, -0.2) is 36.8 Å². The van der Waals surface area contributed by atoms with Gasteiger partial charge in [0.15, 0.2) is 12.7 Å². The molecule has 0 saturated carbocycles. The average Bonchev–Trinajstić information content (AvgIpc) is 2.68. The van der Waals surface area contributed by atoms with Gasteiger partial charge in [-0.3, -0.25) is 9.59 Å². The molecule has 0 aliphatic carbocycles. The van der Waals surface area contributed by atoms with Gasteiger partial charge in [0.25, 0.3) is 11.8 Å². The van der Waals surface area contributed by atoms with Gasteiger partial charge in [0, 0.05) is 30.5 Å². The number of hydrogen-bond acceptors (Lipinski definition) is 6. The number of halogens is 2. The second-order valence-electron chi connectivity index (χ2n) is 5.92. The number of amides is 2. The summed E-state index contributed by atoms with van der Waals surface area (Å²) in [6, 6.07) is 5.95. The highest BCUT2D eigenvalue weighted by Crippen LogP contribution is 2.26. The van der Waals surface area contributed by atoms with Crippen molar-refractivity contribution < 1.29 is 22.9 Å². The molecule has 2 atom stereocenters. The zero-order valence-corrected chi connectivity index (χ0v) is 16.4. The van der Waals surface area contributed by atoms with Gasteiger partial charge >= 0.3 is 0 Å². The first-order valence-electron chi connectivity index (χ1n) is 8.41. The van der Waals surface area contributed by atoms with Gasteiger partial charge in [-0.05, 0) is 30.6 Å². The molecule has 1 fully saturated rings. The van der Waals surface area contributed by atoms with Crippen molar-refractivity contribution in [1.82, 2.24) is 10.6 Å². The first-order chi connectivity index (χ1) is 13.4. The lowest BCUT2D eigenvalue weighted by molar-refractivity contribution is -0.128. The van der Waals surface area contributed by atoms with Crippen LogP contribution in [0, 0.1) is 23.1 Å². The maximum Gasteiger partial charge on any atom is 0.257 e. The molecule has 0 aromatic heterocycles. The first kappa shape index (κ1) is 22.0. The van der Waals surface area contributed by atoms with Crippen LogP contribution in [0.4, 0.5) is 4.39 Å². The molecular formula is C18H19ClFN3O4S. The van der Waals surface area contributed by atoms with Crippen molar-refractivity contribution in [1.29, 1.82) is 5.26 Å². The van der Waals surface area contributed by atoms with E-state index < -0.39 is 29.7 Å². The van der Waals surface area contributed by atoms with Gasteiger partial charge in [-0.15, -0.1) is 0 Å². The predicted octanol–water partition coefficient (Wildman–Crippen LogP) is 2.57. The summed E-state index contributed by atoms with van der Waals surface area (Å²) in [7, 11) is 0. The van der Waals surface area contributed by atoms with Crippen LogP contribution in [0.25, 0.3) is 0 Å². The second-order valence-corrected chi connectivity index (χ2v) is 7.16. The lowest BCUT2D eigenvalue weighted by atomic mass is 10.0. The second kappa shape index (κ2) is 10.9. The number of nitrogens with one attached hydrogen (secondary N) is 2. The van der Waals surface area contributed by atoms with E-state index >= 15 is 0 Å². The van der Waals surface area contributed by atoms with Gasteiger partial charge in [-0.2, -0.15) is 5.26 Å². The average molecular weight is 428 g/mol. The molecule has 2 rings (SSSR count). The van der Waals surface area contributed by atoms with Crippen molar-refractivity contribution in [3.63, 3.8) is 0 Å². The molecule has 0 bridgehead atoms. The number of nitriles is 1. The van der Waals surface area contributed by atoms with Crippen LogP contribution >= 0.6 is 23.6 Å². The highest BCUT2D eigenvalue weighted by molar-refractivity contribution is 7.94. The molecular weight excluding hydrogens is 409 g/mol. The van der Waals surface area contributed by atoms with E-state index in [2.05, 4.69) is 23.3 Å². The third kappa shape index (κ3) is 6.71. The fourth-order valence-electron chi connectivity index (χ4n) is 2.30. The molecule has 1 aromatic rings. The Labute approximate surface area is 171 Å². The first-order valence-corrected chi connectivity index (χ1v) is 9.70. The van der Waals surface area contributed by atoms with Gasteiger partial charge in [0.1, 0.15) is 11.6 Å². The van der Waals surface area contributed by atoms with Crippen LogP contribution in [0.15, 0.2) is 30.5 Å². The van der Waals surface area contributed by atoms with Crippen molar-refractivity contribution in [2.75, 3.05) is 18.9 Å². The van der Waals surface area contributed by atoms with E-state index in [-0.39, 0.29) is 23.9 Å². The van der Waals surface area contributed by atoms with E-state index in [1.54, 1.807) is 0 Å². The monoisotopic (exact) mass is 427 g/mol. The minimum Gasteiger partial charge on any atom is -0.484 e. The molecule has 2 N–H and O–H groups in total. The Balaban J connectivity index is 1.67. The van der Waals surface area contributed by atoms with Gasteiger partial charge < -0.3 is 19.6 Å². The third-order valence-corrected chi connectivity index (χ3v) is 4.84. The van der Waals surface area contributed by atoms with Crippen LogP contribution in [0.5, 0.6) is 5.75 Å². The summed E-state index contributed by atoms with van der Waals surface area (Å²) in [5.74, 6) is -1.12. The number of carbonyl (C=O) groups excluding carboxylic acids is 2. The van der Waals surface area contributed by atoms with Gasteiger partial charge in [-0.1, -0.05) is 18.2 Å². The molecule has 1 saturated heterocycles. The molecule has 1 heterocycles. The van der Waals surface area contributed by atoms with Crippen molar-refractivity contribution in [2.45, 2.75) is 18.9 Å². The lowest BCUT2D eigenvalue weighted by Crippen LogP contribution is -2.41. The largest absolute Gasteiger partial charge is 0.484 e. The minimum atomic E-state index is -0.844. The van der Waals surface area contributed by atoms with Crippen molar-refractivity contribution in [2.24, 2.45) is 5.92 Å². The standard InChI is InChI=1S/C18H19ClFN3O4S/c1-11(23-18(25)17-12(9-21)5-7-28-27-17)4-6-22-16(24)10-26-13-2-3-14(19)15(20)8-13/h2-3,8,12,17H,1,4-7,10H2,(H,22,24)(H,23,25).